The maximum Gasteiger partial charge on any atom is 0.251 e. The molecule has 2 N–H and O–H groups in total. The molecule has 0 aromatic carbocycles. The quantitative estimate of drug-likeness (QED) is 0.708. The molecular formula is C14H14N4O4S2. The highest BCUT2D eigenvalue weighted by Gasteiger charge is 2.21. The predicted octanol–water partition coefficient (Wildman–Crippen LogP) is 1.58. The summed E-state index contributed by atoms with van der Waals surface area (Å²) < 4.78 is 32.5. The Balaban J connectivity index is 1.84. The first-order chi connectivity index (χ1) is 11.3. The van der Waals surface area contributed by atoms with Crippen LogP contribution >= 0.6 is 11.3 Å². The van der Waals surface area contributed by atoms with Gasteiger partial charge in [-0.05, 0) is 19.9 Å². The lowest BCUT2D eigenvalue weighted by Gasteiger charge is -2.06. The Morgan fingerprint density at radius 3 is 2.79 bits per heavy atom. The van der Waals surface area contributed by atoms with Crippen LogP contribution in [0, 0.1) is 13.8 Å². The maximum absolute atomic E-state index is 12.5. The zero-order valence-corrected chi connectivity index (χ0v) is 14.5. The van der Waals surface area contributed by atoms with Crippen molar-refractivity contribution in [1.29, 1.82) is 0 Å². The van der Waals surface area contributed by atoms with Crippen LogP contribution in [-0.2, 0) is 16.6 Å². The van der Waals surface area contributed by atoms with Gasteiger partial charge in [0.2, 0.25) is 10.0 Å². The molecule has 8 nitrogen and oxygen atoms in total. The lowest BCUT2D eigenvalue weighted by molar-refractivity contribution is 0.433. The third kappa shape index (κ3) is 3.45. The summed E-state index contributed by atoms with van der Waals surface area (Å²) in [4.78, 5) is 19.5. The van der Waals surface area contributed by atoms with E-state index in [-0.39, 0.29) is 17.0 Å². The van der Waals surface area contributed by atoms with Crippen LogP contribution in [0.4, 0.5) is 0 Å². The number of hydrogen-bond acceptors (Lipinski definition) is 7. The molecule has 0 saturated heterocycles. The van der Waals surface area contributed by atoms with E-state index in [1.165, 1.54) is 23.6 Å². The van der Waals surface area contributed by atoms with Crippen molar-refractivity contribution in [2.24, 2.45) is 0 Å². The third-order valence-electron chi connectivity index (χ3n) is 3.20. The molecule has 0 saturated carbocycles. The van der Waals surface area contributed by atoms with Crippen molar-refractivity contribution < 1.29 is 12.9 Å². The summed E-state index contributed by atoms with van der Waals surface area (Å²) in [6.45, 7) is 3.28. The van der Waals surface area contributed by atoms with Crippen LogP contribution in [0.1, 0.15) is 16.4 Å². The molecule has 0 radical (unpaired) electrons. The molecule has 3 heterocycles. The molecule has 0 spiro atoms. The van der Waals surface area contributed by atoms with Crippen molar-refractivity contribution >= 4 is 21.4 Å². The predicted molar refractivity (Wildman–Crippen MR) is 88.2 cm³/mol. The number of nitrogens with zero attached hydrogens (tertiary/aromatic N) is 2. The molecule has 0 bridgehead atoms. The minimum atomic E-state index is -3.74. The van der Waals surface area contributed by atoms with Gasteiger partial charge in [0.05, 0.1) is 28.2 Å². The number of sulfonamides is 1. The fraction of sp³-hybridized carbons (Fsp3) is 0.214. The van der Waals surface area contributed by atoms with Crippen molar-refractivity contribution in [2.75, 3.05) is 0 Å². The van der Waals surface area contributed by atoms with Crippen LogP contribution < -0.4 is 10.3 Å². The number of aryl methyl sites for hydroxylation is 2. The van der Waals surface area contributed by atoms with E-state index in [2.05, 4.69) is 19.8 Å². The van der Waals surface area contributed by atoms with Gasteiger partial charge in [-0.25, -0.2) is 18.1 Å². The number of rotatable bonds is 5. The van der Waals surface area contributed by atoms with E-state index in [0.717, 1.165) is 0 Å². The highest BCUT2D eigenvalue weighted by molar-refractivity contribution is 7.89. The van der Waals surface area contributed by atoms with Crippen molar-refractivity contribution in [1.82, 2.24) is 19.8 Å². The van der Waals surface area contributed by atoms with Gasteiger partial charge in [-0.2, -0.15) is 0 Å². The van der Waals surface area contributed by atoms with Gasteiger partial charge in [-0.15, -0.1) is 11.3 Å². The van der Waals surface area contributed by atoms with E-state index in [1.807, 2.05) is 0 Å². The SMILES string of the molecule is Cc1nc(CNS(=O)(=O)c2cc(-c3ccno3)sc2C)cc(=O)[nH]1. The lowest BCUT2D eigenvalue weighted by atomic mass is 10.3. The number of aromatic amines is 1. The van der Waals surface area contributed by atoms with Gasteiger partial charge in [-0.1, -0.05) is 5.16 Å². The Morgan fingerprint density at radius 2 is 2.12 bits per heavy atom. The summed E-state index contributed by atoms with van der Waals surface area (Å²) in [6.07, 6.45) is 1.50. The average molecular weight is 366 g/mol. The van der Waals surface area contributed by atoms with Gasteiger partial charge in [-0.3, -0.25) is 4.79 Å². The highest BCUT2D eigenvalue weighted by Crippen LogP contribution is 2.33. The molecule has 3 aromatic rings. The van der Waals surface area contributed by atoms with E-state index in [9.17, 15) is 13.2 Å². The topological polar surface area (TPSA) is 118 Å². The molecule has 10 heteroatoms. The van der Waals surface area contributed by atoms with Crippen LogP contribution in [0.2, 0.25) is 0 Å². The molecule has 3 aromatic heterocycles. The molecule has 0 aliphatic carbocycles. The smallest absolute Gasteiger partial charge is 0.251 e. The Bertz CT molecular complexity index is 1020. The minimum Gasteiger partial charge on any atom is -0.355 e. The second-order valence-corrected chi connectivity index (χ2v) is 8.05. The Labute approximate surface area is 141 Å². The average Bonchev–Trinajstić information content (AvgIpc) is 3.13. The van der Waals surface area contributed by atoms with Crippen molar-refractivity contribution in [3.63, 3.8) is 0 Å². The zero-order valence-electron chi connectivity index (χ0n) is 12.9. The van der Waals surface area contributed by atoms with Crippen molar-refractivity contribution in [3.05, 3.63) is 51.1 Å². The first-order valence-corrected chi connectivity index (χ1v) is 9.23. The molecule has 3 rings (SSSR count). The van der Waals surface area contributed by atoms with Crippen molar-refractivity contribution in [2.45, 2.75) is 25.3 Å². The normalized spacial score (nSPS) is 11.8. The standard InChI is InChI=1S/C14H14N4O4S2/c1-8-13(6-12(23-8)11-3-4-15-22-11)24(20,21)16-7-10-5-14(19)18-9(2)17-10/h3-6,16H,7H2,1-2H3,(H,17,18,19). The highest BCUT2D eigenvalue weighted by atomic mass is 32.2. The number of aromatic nitrogens is 3. The fourth-order valence-electron chi connectivity index (χ4n) is 2.18. The minimum absolute atomic E-state index is 0.0694. The fourth-order valence-corrected chi connectivity index (χ4v) is 4.72. The molecule has 0 aliphatic heterocycles. The molecule has 126 valence electrons. The van der Waals surface area contributed by atoms with E-state index >= 15 is 0 Å². The van der Waals surface area contributed by atoms with E-state index in [4.69, 9.17) is 4.52 Å². The van der Waals surface area contributed by atoms with Gasteiger partial charge >= 0.3 is 0 Å². The second-order valence-electron chi connectivity index (χ2n) is 5.05. The van der Waals surface area contributed by atoms with Crippen LogP contribution in [0.25, 0.3) is 10.6 Å². The molecule has 0 atom stereocenters. The molecule has 0 amide bonds. The van der Waals surface area contributed by atoms with E-state index < -0.39 is 10.0 Å². The molecule has 0 unspecified atom stereocenters. The Hall–Kier alpha value is -2.30. The monoisotopic (exact) mass is 366 g/mol. The number of thiophene rings is 1. The van der Waals surface area contributed by atoms with Crippen molar-refractivity contribution in [3.8, 4) is 10.6 Å². The first-order valence-electron chi connectivity index (χ1n) is 6.93. The summed E-state index contributed by atoms with van der Waals surface area (Å²) in [7, 11) is -3.74. The second kappa shape index (κ2) is 6.30. The van der Waals surface area contributed by atoms with Crippen LogP contribution in [-0.4, -0.2) is 23.5 Å². The van der Waals surface area contributed by atoms with Crippen LogP contribution in [0.3, 0.4) is 0 Å². The Kier molecular flexibility index (Phi) is 4.35. The van der Waals surface area contributed by atoms with Gasteiger partial charge in [0.25, 0.3) is 5.56 Å². The molecular weight excluding hydrogens is 352 g/mol. The molecule has 0 aliphatic rings. The van der Waals surface area contributed by atoms with Gasteiger partial charge in [0, 0.05) is 17.0 Å². The molecule has 0 fully saturated rings. The molecule has 24 heavy (non-hydrogen) atoms. The summed E-state index contributed by atoms with van der Waals surface area (Å²) in [5.41, 5.74) is 0.0270. The van der Waals surface area contributed by atoms with E-state index in [1.54, 1.807) is 26.0 Å². The first kappa shape index (κ1) is 16.6. The summed E-state index contributed by atoms with van der Waals surface area (Å²) in [5, 5.41) is 3.62. The number of hydrogen-bond donors (Lipinski definition) is 2. The van der Waals surface area contributed by atoms with Gasteiger partial charge < -0.3 is 9.51 Å². The maximum atomic E-state index is 12.5. The largest absolute Gasteiger partial charge is 0.355 e. The van der Waals surface area contributed by atoms with Crippen LogP contribution in [0.15, 0.2) is 38.6 Å². The summed E-state index contributed by atoms with van der Waals surface area (Å²) in [5.74, 6) is 0.937. The van der Waals surface area contributed by atoms with E-state index in [0.29, 0.717) is 27.0 Å². The summed E-state index contributed by atoms with van der Waals surface area (Å²) in [6, 6.07) is 4.47. The van der Waals surface area contributed by atoms with Crippen LogP contribution in [0.5, 0.6) is 0 Å². The number of H-pyrrole nitrogens is 1. The lowest BCUT2D eigenvalue weighted by Crippen LogP contribution is -2.25. The zero-order chi connectivity index (χ0) is 17.3. The Morgan fingerprint density at radius 1 is 1.33 bits per heavy atom. The third-order valence-corrected chi connectivity index (χ3v) is 5.92. The number of nitrogens with one attached hydrogen (secondary N) is 2. The van der Waals surface area contributed by atoms with Gasteiger partial charge in [0.15, 0.2) is 5.76 Å². The summed E-state index contributed by atoms with van der Waals surface area (Å²) >= 11 is 1.30. The van der Waals surface area contributed by atoms with Gasteiger partial charge in [0.1, 0.15) is 5.82 Å².